The number of thioether (sulfide) groups is 1. The third kappa shape index (κ3) is 5.76. The van der Waals surface area contributed by atoms with Crippen molar-refractivity contribution in [1.29, 1.82) is 0 Å². The van der Waals surface area contributed by atoms with Gasteiger partial charge in [-0.2, -0.15) is 0 Å². The summed E-state index contributed by atoms with van der Waals surface area (Å²) in [5.41, 5.74) is 7.58. The van der Waals surface area contributed by atoms with Crippen molar-refractivity contribution in [1.82, 2.24) is 0 Å². The molecule has 2 aliphatic heterocycles. The van der Waals surface area contributed by atoms with Crippen LogP contribution in [0.4, 0.5) is 5.69 Å². The average Bonchev–Trinajstić information content (AvgIpc) is 3.40. The second kappa shape index (κ2) is 12.7. The third-order valence-corrected chi connectivity index (χ3v) is 8.50. The number of benzene rings is 3. The van der Waals surface area contributed by atoms with Crippen molar-refractivity contribution in [2.45, 2.75) is 24.2 Å². The average molecular weight is 565 g/mol. The minimum atomic E-state index is 0.363. The summed E-state index contributed by atoms with van der Waals surface area (Å²) in [6.45, 7) is 1.05. The zero-order valence-corrected chi connectivity index (χ0v) is 23.8. The van der Waals surface area contributed by atoms with Gasteiger partial charge in [0.25, 0.3) is 5.70 Å². The Kier molecular flexibility index (Phi) is 8.24. The van der Waals surface area contributed by atoms with Crippen LogP contribution in [0.15, 0.2) is 125 Å². The second-order valence-corrected chi connectivity index (χ2v) is 11.1. The fourth-order valence-electron chi connectivity index (χ4n) is 5.49. The maximum Gasteiger partial charge on any atom is 0.298 e. The van der Waals surface area contributed by atoms with Gasteiger partial charge < -0.3 is 15.0 Å². The largest absolute Gasteiger partial charge is 0.664 e. The van der Waals surface area contributed by atoms with Crippen LogP contribution < -0.4 is 14.7 Å². The number of anilines is 1. The fourth-order valence-corrected chi connectivity index (χ4v) is 6.63. The van der Waals surface area contributed by atoms with E-state index in [1.165, 1.54) is 38.7 Å². The van der Waals surface area contributed by atoms with Gasteiger partial charge in [-0.15, -0.1) is 11.0 Å². The van der Waals surface area contributed by atoms with Gasteiger partial charge in [0.2, 0.25) is 5.52 Å². The van der Waals surface area contributed by atoms with Gasteiger partial charge in [-0.1, -0.05) is 84.6 Å². The van der Waals surface area contributed by atoms with E-state index in [-0.39, 0.29) is 0 Å². The molecule has 42 heavy (non-hydrogen) atoms. The number of aryl methyl sites for hydroxylation is 1. The van der Waals surface area contributed by atoms with Crippen molar-refractivity contribution < 1.29 is 14.7 Å². The molecule has 3 heterocycles. The first kappa shape index (κ1) is 27.2. The van der Waals surface area contributed by atoms with Crippen LogP contribution in [-0.4, -0.2) is 6.54 Å². The molecule has 0 fully saturated rings. The number of pyridine rings is 1. The number of rotatable bonds is 7. The van der Waals surface area contributed by atoms with Gasteiger partial charge in [-0.25, -0.2) is 0 Å². The zero-order valence-electron chi connectivity index (χ0n) is 23.0. The molecule has 0 N–H and O–H groups in total. The molecule has 2 aliphatic rings. The Bertz CT molecular complexity index is 1870. The Morgan fingerprint density at radius 3 is 2.76 bits per heavy atom. The molecule has 3 aromatic carbocycles. The SMILES string of the molecule is C#CC#C/C(=C/O[O-])[n+]1ccc(/C=C/C(=C/C=C2\Sc3cccc4c3N2CCC4)Cc2ccccc2)c2ccccc21. The van der Waals surface area contributed by atoms with E-state index < -0.39 is 0 Å². The molecule has 0 spiro atoms. The second-order valence-electron chi connectivity index (χ2n) is 10.0. The van der Waals surface area contributed by atoms with Crippen molar-refractivity contribution in [2.75, 3.05) is 11.4 Å². The number of aromatic nitrogens is 1. The Labute approximate surface area is 250 Å². The molecular formula is C37H28N2O2S. The first-order valence-electron chi connectivity index (χ1n) is 13.8. The summed E-state index contributed by atoms with van der Waals surface area (Å²) < 4.78 is 1.81. The predicted octanol–water partition coefficient (Wildman–Crippen LogP) is 6.44. The van der Waals surface area contributed by atoms with E-state index in [0.717, 1.165) is 42.1 Å². The summed E-state index contributed by atoms with van der Waals surface area (Å²) in [7, 11) is 0. The van der Waals surface area contributed by atoms with Crippen LogP contribution in [0.2, 0.25) is 0 Å². The van der Waals surface area contributed by atoms with Crippen LogP contribution in [-0.2, 0) is 17.7 Å². The summed E-state index contributed by atoms with van der Waals surface area (Å²) in [5, 5.41) is 13.2. The van der Waals surface area contributed by atoms with Gasteiger partial charge in [0.05, 0.1) is 16.1 Å². The van der Waals surface area contributed by atoms with E-state index in [2.05, 4.69) is 100 Å². The van der Waals surface area contributed by atoms with Crippen molar-refractivity contribution >= 4 is 40.1 Å². The maximum absolute atomic E-state index is 11.0. The van der Waals surface area contributed by atoms with E-state index in [1.807, 2.05) is 52.9 Å². The summed E-state index contributed by atoms with van der Waals surface area (Å²) in [5.74, 6) is 7.67. The molecule has 4 nitrogen and oxygen atoms in total. The minimum absolute atomic E-state index is 0.363. The number of para-hydroxylation sites is 2. The van der Waals surface area contributed by atoms with Crippen molar-refractivity contribution in [2.24, 2.45) is 0 Å². The Morgan fingerprint density at radius 1 is 1.05 bits per heavy atom. The lowest BCUT2D eigenvalue weighted by Gasteiger charge is -2.27. The smallest absolute Gasteiger partial charge is 0.298 e. The van der Waals surface area contributed by atoms with Crippen LogP contribution in [0.25, 0.3) is 22.7 Å². The lowest BCUT2D eigenvalue weighted by Crippen LogP contribution is -2.33. The molecule has 6 rings (SSSR count). The molecule has 204 valence electrons. The van der Waals surface area contributed by atoms with E-state index in [1.54, 1.807) is 0 Å². The van der Waals surface area contributed by atoms with E-state index >= 15 is 0 Å². The van der Waals surface area contributed by atoms with Gasteiger partial charge in [-0.05, 0) is 71.6 Å². The van der Waals surface area contributed by atoms with Gasteiger partial charge in [0.1, 0.15) is 0 Å². The van der Waals surface area contributed by atoms with Gasteiger partial charge in [0, 0.05) is 29.5 Å². The molecule has 0 saturated heterocycles. The molecule has 0 atom stereocenters. The number of nitrogens with zero attached hydrogens (tertiary/aromatic N) is 2. The highest BCUT2D eigenvalue weighted by atomic mass is 32.2. The molecule has 0 bridgehead atoms. The van der Waals surface area contributed by atoms with Crippen LogP contribution in [0, 0.1) is 24.2 Å². The minimum Gasteiger partial charge on any atom is -0.664 e. The zero-order chi connectivity index (χ0) is 28.7. The molecule has 0 unspecified atom stereocenters. The monoisotopic (exact) mass is 564 g/mol. The Morgan fingerprint density at radius 2 is 1.90 bits per heavy atom. The maximum atomic E-state index is 11.0. The molecule has 0 aliphatic carbocycles. The Balaban J connectivity index is 1.37. The molecular weight excluding hydrogens is 536 g/mol. The summed E-state index contributed by atoms with van der Waals surface area (Å²) in [6, 6.07) is 27.2. The Hall–Kier alpha value is -4.94. The first-order valence-corrected chi connectivity index (χ1v) is 14.7. The van der Waals surface area contributed by atoms with Crippen LogP contribution >= 0.6 is 11.8 Å². The lowest BCUT2D eigenvalue weighted by molar-refractivity contribution is -0.667. The molecule has 1 aromatic heterocycles. The highest BCUT2D eigenvalue weighted by molar-refractivity contribution is 8.03. The normalized spacial score (nSPS) is 15.4. The fraction of sp³-hybridized carbons (Fsp3) is 0.108. The summed E-state index contributed by atoms with van der Waals surface area (Å²) in [4.78, 5) is 7.87. The van der Waals surface area contributed by atoms with E-state index in [4.69, 9.17) is 6.42 Å². The third-order valence-electron chi connectivity index (χ3n) is 7.39. The summed E-state index contributed by atoms with van der Waals surface area (Å²) in [6.07, 6.45) is 20.2. The van der Waals surface area contributed by atoms with Crippen molar-refractivity contribution in [3.63, 3.8) is 0 Å². The predicted molar refractivity (Wildman–Crippen MR) is 169 cm³/mol. The molecule has 4 aromatic rings. The van der Waals surface area contributed by atoms with Crippen LogP contribution in [0.3, 0.4) is 0 Å². The van der Waals surface area contributed by atoms with Crippen LogP contribution in [0.5, 0.6) is 0 Å². The molecule has 5 heteroatoms. The van der Waals surface area contributed by atoms with Gasteiger partial charge in [0.15, 0.2) is 12.5 Å². The molecule has 0 radical (unpaired) electrons. The molecule has 0 amide bonds. The van der Waals surface area contributed by atoms with E-state index in [0.29, 0.717) is 5.70 Å². The van der Waals surface area contributed by atoms with Crippen molar-refractivity contribution in [3.8, 4) is 24.2 Å². The number of allylic oxidation sites excluding steroid dienone is 5. The summed E-state index contributed by atoms with van der Waals surface area (Å²) >= 11 is 1.86. The standard InChI is InChI=1S/C37H28N2O2S/c1-2-3-15-32(27-41-40)38-25-23-30(33-16-7-8-17-34(33)38)21-19-29(26-28-11-5-4-6-12-28)20-22-36-39-24-10-14-31-13-9-18-35(42-36)37(31)39/h1,4-9,11-13,16-23,25,27H,10,14,24,26H2/b32-27-. The van der Waals surface area contributed by atoms with Gasteiger partial charge in [-0.3, -0.25) is 0 Å². The quantitative estimate of drug-likeness (QED) is 0.0647. The number of hydrogen-bond donors (Lipinski definition) is 0. The highest BCUT2D eigenvalue weighted by Gasteiger charge is 2.29. The first-order chi connectivity index (χ1) is 20.7. The number of hydrogen-bond acceptors (Lipinski definition) is 4. The lowest BCUT2D eigenvalue weighted by atomic mass is 10.0. The van der Waals surface area contributed by atoms with Gasteiger partial charge >= 0.3 is 0 Å². The highest BCUT2D eigenvalue weighted by Crippen LogP contribution is 2.49. The van der Waals surface area contributed by atoms with Crippen molar-refractivity contribution in [3.05, 3.63) is 137 Å². The van der Waals surface area contributed by atoms with E-state index in [9.17, 15) is 5.26 Å². The number of fused-ring (bicyclic) bond motifs is 1. The molecule has 0 saturated carbocycles. The topological polar surface area (TPSA) is 39.4 Å². The number of terminal acetylenes is 1. The van der Waals surface area contributed by atoms with Crippen LogP contribution in [0.1, 0.15) is 23.1 Å².